The van der Waals surface area contributed by atoms with E-state index in [0.717, 1.165) is 24.3 Å². The molecule has 6 heteroatoms. The van der Waals surface area contributed by atoms with Gasteiger partial charge in [0, 0.05) is 12.6 Å². The van der Waals surface area contributed by atoms with Gasteiger partial charge in [-0.3, -0.25) is 10.1 Å². The molecule has 4 aliphatic rings. The summed E-state index contributed by atoms with van der Waals surface area (Å²) >= 11 is 0. The van der Waals surface area contributed by atoms with Gasteiger partial charge < -0.3 is 5.32 Å². The van der Waals surface area contributed by atoms with Crippen LogP contribution in [0.25, 0.3) is 0 Å². The summed E-state index contributed by atoms with van der Waals surface area (Å²) in [5.41, 5.74) is 0.455. The van der Waals surface area contributed by atoms with Crippen molar-refractivity contribution in [3.63, 3.8) is 0 Å². The summed E-state index contributed by atoms with van der Waals surface area (Å²) in [4.78, 5) is 14.4. The Morgan fingerprint density at radius 2 is 1.91 bits per heavy atom. The molecule has 0 aliphatic heterocycles. The van der Waals surface area contributed by atoms with Crippen LogP contribution in [0.4, 0.5) is 11.5 Å². The highest BCUT2D eigenvalue weighted by atomic mass is 16.6. The average Bonchev–Trinajstić information content (AvgIpc) is 2.51. The number of rotatable bonds is 4. The van der Waals surface area contributed by atoms with Crippen LogP contribution in [0.15, 0.2) is 12.3 Å². The van der Waals surface area contributed by atoms with E-state index < -0.39 is 4.92 Å². The van der Waals surface area contributed by atoms with Crippen molar-refractivity contribution in [2.45, 2.75) is 38.5 Å². The number of anilines is 1. The van der Waals surface area contributed by atoms with Crippen molar-refractivity contribution in [1.29, 1.82) is 5.26 Å². The highest BCUT2D eigenvalue weighted by molar-refractivity contribution is 5.55. The predicted molar refractivity (Wildman–Crippen MR) is 84.7 cm³/mol. The van der Waals surface area contributed by atoms with E-state index in [1.54, 1.807) is 0 Å². The van der Waals surface area contributed by atoms with Crippen LogP contribution in [-0.2, 0) is 0 Å². The molecule has 0 aromatic carbocycles. The molecule has 1 N–H and O–H groups in total. The normalized spacial score (nSPS) is 34.1. The molecule has 6 nitrogen and oxygen atoms in total. The van der Waals surface area contributed by atoms with E-state index in [1.807, 2.05) is 6.07 Å². The first-order valence-electron chi connectivity index (χ1n) is 8.35. The monoisotopic (exact) mass is 312 g/mol. The summed E-state index contributed by atoms with van der Waals surface area (Å²) in [7, 11) is 0. The zero-order valence-electron chi connectivity index (χ0n) is 13.0. The molecule has 5 rings (SSSR count). The molecule has 4 bridgehead atoms. The van der Waals surface area contributed by atoms with Crippen LogP contribution in [0.2, 0.25) is 0 Å². The van der Waals surface area contributed by atoms with Crippen LogP contribution in [-0.4, -0.2) is 16.5 Å². The van der Waals surface area contributed by atoms with Crippen LogP contribution in [0.1, 0.15) is 44.1 Å². The van der Waals surface area contributed by atoms with Gasteiger partial charge in [-0.2, -0.15) is 5.26 Å². The molecule has 1 aromatic rings. The van der Waals surface area contributed by atoms with Crippen molar-refractivity contribution < 1.29 is 4.92 Å². The summed E-state index contributed by atoms with van der Waals surface area (Å²) in [5, 5.41) is 23.4. The van der Waals surface area contributed by atoms with Crippen LogP contribution in [0.5, 0.6) is 0 Å². The lowest BCUT2D eigenvalue weighted by molar-refractivity contribution is -0.385. The Balaban J connectivity index is 1.51. The molecule has 0 unspecified atom stereocenters. The van der Waals surface area contributed by atoms with Gasteiger partial charge in [-0.15, -0.1) is 0 Å². The largest absolute Gasteiger partial charge is 0.368 e. The minimum absolute atomic E-state index is 0.137. The maximum Gasteiger partial charge on any atom is 0.289 e. The Kier molecular flexibility index (Phi) is 3.26. The van der Waals surface area contributed by atoms with Crippen molar-refractivity contribution in [3.05, 3.63) is 27.9 Å². The number of nitrogens with one attached hydrogen (secondary N) is 1. The van der Waals surface area contributed by atoms with E-state index in [4.69, 9.17) is 0 Å². The topological polar surface area (TPSA) is 91.8 Å². The standard InChI is InChI=1S/C17H20N4O2/c18-8-14-4-15(21(22)23)9-19-16(14)20-10-17-5-11-1-12(6-17)3-13(2-11)7-17/h4,9,11-13H,1-3,5-7,10H2,(H,19,20). The SMILES string of the molecule is N#Cc1cc([N+](=O)[O-])cnc1NCC12CC3CC(CC(C3)C1)C2. The average molecular weight is 312 g/mol. The van der Waals surface area contributed by atoms with Crippen molar-refractivity contribution in [1.82, 2.24) is 4.98 Å². The summed E-state index contributed by atoms with van der Waals surface area (Å²) in [5.74, 6) is 3.11. The van der Waals surface area contributed by atoms with Gasteiger partial charge in [0.15, 0.2) is 0 Å². The van der Waals surface area contributed by atoms with E-state index in [0.29, 0.717) is 11.2 Å². The van der Waals surface area contributed by atoms with E-state index in [2.05, 4.69) is 10.3 Å². The van der Waals surface area contributed by atoms with Gasteiger partial charge in [-0.1, -0.05) is 0 Å². The van der Waals surface area contributed by atoms with E-state index >= 15 is 0 Å². The van der Waals surface area contributed by atoms with Crippen LogP contribution in [0.3, 0.4) is 0 Å². The third-order valence-corrected chi connectivity index (χ3v) is 6.00. The highest BCUT2D eigenvalue weighted by Crippen LogP contribution is 2.59. The maximum absolute atomic E-state index is 10.8. The first kappa shape index (κ1) is 14.4. The van der Waals surface area contributed by atoms with Crippen LogP contribution < -0.4 is 5.32 Å². The first-order valence-corrected chi connectivity index (χ1v) is 8.35. The summed E-state index contributed by atoms with van der Waals surface area (Å²) in [6.07, 6.45) is 9.26. The lowest BCUT2D eigenvalue weighted by Crippen LogP contribution is -2.49. The summed E-state index contributed by atoms with van der Waals surface area (Å²) in [6, 6.07) is 3.32. The fraction of sp³-hybridized carbons (Fsp3) is 0.647. The van der Waals surface area contributed by atoms with Gasteiger partial charge in [0.1, 0.15) is 23.6 Å². The molecule has 0 saturated heterocycles. The molecule has 0 spiro atoms. The molecular formula is C17H20N4O2. The lowest BCUT2D eigenvalue weighted by Gasteiger charge is -2.57. The Labute approximate surface area is 135 Å². The first-order chi connectivity index (χ1) is 11.1. The minimum atomic E-state index is -0.517. The Morgan fingerprint density at radius 1 is 1.30 bits per heavy atom. The molecule has 1 aromatic heterocycles. The fourth-order valence-corrected chi connectivity index (χ4v) is 5.56. The molecule has 0 amide bonds. The third-order valence-electron chi connectivity index (χ3n) is 6.00. The molecule has 4 saturated carbocycles. The zero-order chi connectivity index (χ0) is 16.0. The Morgan fingerprint density at radius 3 is 2.43 bits per heavy atom. The number of hydrogen-bond acceptors (Lipinski definition) is 5. The van der Waals surface area contributed by atoms with Crippen LogP contribution >= 0.6 is 0 Å². The van der Waals surface area contributed by atoms with Crippen molar-refractivity contribution in [3.8, 4) is 6.07 Å². The highest BCUT2D eigenvalue weighted by Gasteiger charge is 2.50. The predicted octanol–water partition coefficient (Wildman–Crippen LogP) is 3.49. The Hall–Kier alpha value is -2.16. The molecule has 0 atom stereocenters. The molecule has 23 heavy (non-hydrogen) atoms. The lowest BCUT2D eigenvalue weighted by atomic mass is 9.49. The number of hydrogen-bond donors (Lipinski definition) is 1. The second-order valence-corrected chi connectivity index (χ2v) is 7.73. The van der Waals surface area contributed by atoms with Gasteiger partial charge in [0.25, 0.3) is 5.69 Å². The van der Waals surface area contributed by atoms with Crippen molar-refractivity contribution in [2.75, 3.05) is 11.9 Å². The summed E-state index contributed by atoms with van der Waals surface area (Å²) in [6.45, 7) is 0.829. The third kappa shape index (κ3) is 2.54. The van der Waals surface area contributed by atoms with Gasteiger partial charge in [0.05, 0.1) is 4.92 Å². The Bertz CT molecular complexity index is 659. The zero-order valence-corrected chi connectivity index (χ0v) is 13.0. The molecule has 4 aliphatic carbocycles. The molecule has 120 valence electrons. The van der Waals surface area contributed by atoms with Crippen molar-refractivity contribution in [2.24, 2.45) is 23.2 Å². The smallest absolute Gasteiger partial charge is 0.289 e. The van der Waals surface area contributed by atoms with E-state index in [9.17, 15) is 15.4 Å². The number of nitrogens with zero attached hydrogens (tertiary/aromatic N) is 3. The molecule has 1 heterocycles. The van der Waals surface area contributed by atoms with Gasteiger partial charge in [-0.05, 0) is 61.7 Å². The second-order valence-electron chi connectivity index (χ2n) is 7.73. The quantitative estimate of drug-likeness (QED) is 0.678. The van der Waals surface area contributed by atoms with Gasteiger partial charge in [-0.25, -0.2) is 4.98 Å². The number of nitro groups is 1. The molecule has 0 radical (unpaired) electrons. The summed E-state index contributed by atoms with van der Waals surface area (Å²) < 4.78 is 0. The van der Waals surface area contributed by atoms with E-state index in [1.165, 1.54) is 50.8 Å². The van der Waals surface area contributed by atoms with Gasteiger partial charge >= 0.3 is 0 Å². The number of nitriles is 1. The minimum Gasteiger partial charge on any atom is -0.368 e. The molecular weight excluding hydrogens is 292 g/mol. The number of pyridine rings is 1. The van der Waals surface area contributed by atoms with Gasteiger partial charge in [0.2, 0.25) is 0 Å². The van der Waals surface area contributed by atoms with Crippen LogP contribution in [0, 0.1) is 44.6 Å². The number of aromatic nitrogens is 1. The molecule has 4 fully saturated rings. The second kappa shape index (κ2) is 5.19. The van der Waals surface area contributed by atoms with E-state index in [-0.39, 0.29) is 11.3 Å². The fourth-order valence-electron chi connectivity index (χ4n) is 5.56. The maximum atomic E-state index is 10.8. The van der Waals surface area contributed by atoms with Crippen molar-refractivity contribution >= 4 is 11.5 Å².